The van der Waals surface area contributed by atoms with Crippen LogP contribution in [0.25, 0.3) is 0 Å². The maximum Gasteiger partial charge on any atom is 0.340 e. The molecular formula is C15H13BrN2O5. The van der Waals surface area contributed by atoms with Gasteiger partial charge in [0.25, 0.3) is 5.69 Å². The molecule has 0 fully saturated rings. The Labute approximate surface area is 140 Å². The summed E-state index contributed by atoms with van der Waals surface area (Å²) >= 11 is 3.32. The number of nitrogen functional groups attached to an aromatic ring is 1. The first-order valence-electron chi connectivity index (χ1n) is 6.57. The van der Waals surface area contributed by atoms with Gasteiger partial charge in [-0.1, -0.05) is 22.0 Å². The summed E-state index contributed by atoms with van der Waals surface area (Å²) in [4.78, 5) is 22.0. The van der Waals surface area contributed by atoms with Crippen LogP contribution in [0.4, 0.5) is 11.4 Å². The fourth-order valence-electron chi connectivity index (χ4n) is 1.76. The molecule has 0 aromatic heterocycles. The number of hydrogen-bond donors (Lipinski definition) is 1. The zero-order chi connectivity index (χ0) is 16.8. The number of nitrogens with two attached hydrogens (primary N) is 1. The number of esters is 1. The fraction of sp³-hybridized carbons (Fsp3) is 0.133. The van der Waals surface area contributed by atoms with E-state index in [2.05, 4.69) is 15.9 Å². The van der Waals surface area contributed by atoms with Crippen molar-refractivity contribution in [2.75, 3.05) is 18.9 Å². The lowest BCUT2D eigenvalue weighted by Crippen LogP contribution is -2.14. The van der Waals surface area contributed by atoms with Crippen molar-refractivity contribution in [3.8, 4) is 5.75 Å². The third-order valence-electron chi connectivity index (χ3n) is 2.85. The minimum Gasteiger partial charge on any atom is -0.490 e. The third kappa shape index (κ3) is 4.68. The van der Waals surface area contributed by atoms with Gasteiger partial charge in [-0.3, -0.25) is 10.1 Å². The summed E-state index contributed by atoms with van der Waals surface area (Å²) in [5.41, 5.74) is 5.50. The Morgan fingerprint density at radius 3 is 2.70 bits per heavy atom. The molecule has 7 nitrogen and oxygen atoms in total. The molecular weight excluding hydrogens is 368 g/mol. The highest BCUT2D eigenvalue weighted by atomic mass is 79.9. The number of non-ortho nitro benzene ring substituents is 1. The molecule has 0 atom stereocenters. The van der Waals surface area contributed by atoms with Gasteiger partial charge < -0.3 is 15.2 Å². The zero-order valence-electron chi connectivity index (χ0n) is 11.9. The standard InChI is InChI=1S/C15H13BrN2O5/c16-10-2-1-3-12(8-10)22-6-7-23-15(19)13-9-11(18(20)21)4-5-14(13)17/h1-5,8-9H,6-7,17H2. The van der Waals surface area contributed by atoms with E-state index in [0.29, 0.717) is 5.75 Å². The molecule has 0 saturated carbocycles. The lowest BCUT2D eigenvalue weighted by molar-refractivity contribution is -0.384. The minimum atomic E-state index is -0.732. The number of benzene rings is 2. The van der Waals surface area contributed by atoms with Gasteiger partial charge in [0.05, 0.1) is 10.5 Å². The van der Waals surface area contributed by atoms with E-state index in [-0.39, 0.29) is 30.2 Å². The summed E-state index contributed by atoms with van der Waals surface area (Å²) in [5, 5.41) is 10.7. The third-order valence-corrected chi connectivity index (χ3v) is 3.34. The number of nitro benzene ring substituents is 1. The molecule has 0 unspecified atom stereocenters. The van der Waals surface area contributed by atoms with Crippen LogP contribution < -0.4 is 10.5 Å². The lowest BCUT2D eigenvalue weighted by atomic mass is 10.1. The molecule has 23 heavy (non-hydrogen) atoms. The molecule has 0 aliphatic rings. The van der Waals surface area contributed by atoms with Crippen LogP contribution in [0.15, 0.2) is 46.9 Å². The Morgan fingerprint density at radius 2 is 2.00 bits per heavy atom. The topological polar surface area (TPSA) is 105 Å². The van der Waals surface area contributed by atoms with Gasteiger partial charge in [-0.25, -0.2) is 4.79 Å². The molecule has 0 aliphatic heterocycles. The van der Waals surface area contributed by atoms with Crippen molar-refractivity contribution in [2.45, 2.75) is 0 Å². The SMILES string of the molecule is Nc1ccc([N+](=O)[O-])cc1C(=O)OCCOc1cccc(Br)c1. The second kappa shape index (κ2) is 7.59. The molecule has 0 amide bonds. The average Bonchev–Trinajstić information content (AvgIpc) is 2.51. The number of anilines is 1. The predicted molar refractivity (Wildman–Crippen MR) is 87.4 cm³/mol. The molecule has 8 heteroatoms. The largest absolute Gasteiger partial charge is 0.490 e. The first-order valence-corrected chi connectivity index (χ1v) is 7.36. The normalized spacial score (nSPS) is 10.1. The summed E-state index contributed by atoms with van der Waals surface area (Å²) in [6.07, 6.45) is 0. The van der Waals surface area contributed by atoms with Gasteiger partial charge in [-0.2, -0.15) is 0 Å². The number of halogens is 1. The van der Waals surface area contributed by atoms with Crippen LogP contribution >= 0.6 is 15.9 Å². The van der Waals surface area contributed by atoms with E-state index >= 15 is 0 Å². The smallest absolute Gasteiger partial charge is 0.340 e. The Hall–Kier alpha value is -2.61. The van der Waals surface area contributed by atoms with E-state index in [0.717, 1.165) is 10.5 Å². The lowest BCUT2D eigenvalue weighted by Gasteiger charge is -2.09. The van der Waals surface area contributed by atoms with E-state index in [4.69, 9.17) is 15.2 Å². The summed E-state index contributed by atoms with van der Waals surface area (Å²) in [6, 6.07) is 10.8. The van der Waals surface area contributed by atoms with Crippen molar-refractivity contribution in [3.05, 3.63) is 62.6 Å². The summed E-state index contributed by atoms with van der Waals surface area (Å²) in [6.45, 7) is 0.143. The zero-order valence-corrected chi connectivity index (χ0v) is 13.5. The Kier molecular flexibility index (Phi) is 5.53. The van der Waals surface area contributed by atoms with Crippen molar-refractivity contribution in [1.82, 2.24) is 0 Å². The summed E-state index contributed by atoms with van der Waals surface area (Å²) < 4.78 is 11.3. The van der Waals surface area contributed by atoms with Gasteiger partial charge in [0.2, 0.25) is 0 Å². The monoisotopic (exact) mass is 380 g/mol. The first-order chi connectivity index (χ1) is 11.0. The Morgan fingerprint density at radius 1 is 1.22 bits per heavy atom. The predicted octanol–water partition coefficient (Wildman–Crippen LogP) is 3.18. The van der Waals surface area contributed by atoms with Crippen LogP contribution in [-0.4, -0.2) is 24.1 Å². The highest BCUT2D eigenvalue weighted by Crippen LogP contribution is 2.21. The highest BCUT2D eigenvalue weighted by molar-refractivity contribution is 9.10. The molecule has 0 spiro atoms. The van der Waals surface area contributed by atoms with E-state index in [9.17, 15) is 14.9 Å². The number of hydrogen-bond acceptors (Lipinski definition) is 6. The maximum atomic E-state index is 11.9. The highest BCUT2D eigenvalue weighted by Gasteiger charge is 2.16. The molecule has 0 bridgehead atoms. The van der Waals surface area contributed by atoms with Crippen LogP contribution in [0, 0.1) is 10.1 Å². The molecule has 0 radical (unpaired) electrons. The van der Waals surface area contributed by atoms with Crippen LogP contribution in [0.3, 0.4) is 0 Å². The van der Waals surface area contributed by atoms with Gasteiger partial charge in [0.1, 0.15) is 19.0 Å². The van der Waals surface area contributed by atoms with Crippen LogP contribution in [0.2, 0.25) is 0 Å². The number of nitrogens with zero attached hydrogens (tertiary/aromatic N) is 1. The quantitative estimate of drug-likeness (QED) is 0.271. The fourth-order valence-corrected chi connectivity index (χ4v) is 2.14. The van der Waals surface area contributed by atoms with Crippen LogP contribution in [0.1, 0.15) is 10.4 Å². The molecule has 0 saturated heterocycles. The Balaban J connectivity index is 1.90. The molecule has 2 N–H and O–H groups in total. The number of carbonyl (C=O) groups excluding carboxylic acids is 1. The van der Waals surface area contributed by atoms with E-state index in [1.807, 2.05) is 12.1 Å². The molecule has 2 aromatic carbocycles. The first kappa shape index (κ1) is 16.8. The second-order valence-electron chi connectivity index (χ2n) is 4.47. The molecule has 120 valence electrons. The maximum absolute atomic E-state index is 11.9. The van der Waals surface area contributed by atoms with Gasteiger partial charge in [0.15, 0.2) is 0 Å². The van der Waals surface area contributed by atoms with Gasteiger partial charge in [-0.05, 0) is 24.3 Å². The Bertz CT molecular complexity index is 736. The van der Waals surface area contributed by atoms with E-state index in [1.165, 1.54) is 12.1 Å². The average molecular weight is 381 g/mol. The van der Waals surface area contributed by atoms with Gasteiger partial charge in [0, 0.05) is 22.3 Å². The summed E-state index contributed by atoms with van der Waals surface area (Å²) in [5.74, 6) is -0.102. The number of ether oxygens (including phenoxy) is 2. The molecule has 2 aromatic rings. The van der Waals surface area contributed by atoms with Crippen molar-refractivity contribution >= 4 is 33.3 Å². The van der Waals surface area contributed by atoms with Gasteiger partial charge in [-0.15, -0.1) is 0 Å². The molecule has 2 rings (SSSR count). The molecule has 0 heterocycles. The van der Waals surface area contributed by atoms with Crippen LogP contribution in [0.5, 0.6) is 5.75 Å². The van der Waals surface area contributed by atoms with Crippen molar-refractivity contribution in [2.24, 2.45) is 0 Å². The van der Waals surface area contributed by atoms with Gasteiger partial charge >= 0.3 is 5.97 Å². The number of carbonyl (C=O) groups is 1. The summed E-state index contributed by atoms with van der Waals surface area (Å²) in [7, 11) is 0. The minimum absolute atomic E-state index is 0.00647. The van der Waals surface area contributed by atoms with Crippen molar-refractivity contribution in [1.29, 1.82) is 0 Å². The second-order valence-corrected chi connectivity index (χ2v) is 5.39. The van der Waals surface area contributed by atoms with Crippen molar-refractivity contribution in [3.63, 3.8) is 0 Å². The van der Waals surface area contributed by atoms with E-state index in [1.54, 1.807) is 12.1 Å². The van der Waals surface area contributed by atoms with Crippen molar-refractivity contribution < 1.29 is 19.2 Å². The van der Waals surface area contributed by atoms with Crippen LogP contribution in [-0.2, 0) is 4.74 Å². The molecule has 0 aliphatic carbocycles. The van der Waals surface area contributed by atoms with E-state index < -0.39 is 10.9 Å². The number of rotatable bonds is 6. The number of nitro groups is 1.